The van der Waals surface area contributed by atoms with Gasteiger partial charge >= 0.3 is 0 Å². The molecule has 0 unspecified atom stereocenters. The molecule has 2 heteroatoms. The summed E-state index contributed by atoms with van der Waals surface area (Å²) in [6.45, 7) is 0. The monoisotopic (exact) mass is 764 g/mol. The maximum atomic E-state index is 2.39. The highest BCUT2D eigenvalue weighted by Crippen LogP contribution is 2.43. The van der Waals surface area contributed by atoms with E-state index in [4.69, 9.17) is 0 Å². The Morgan fingerprint density at radius 2 is 0.767 bits per heavy atom. The molecule has 282 valence electrons. The maximum Gasteiger partial charge on any atom is 0.0547 e. The van der Waals surface area contributed by atoms with E-state index in [0.717, 1.165) is 22.7 Å². The fraction of sp³-hybridized carbons (Fsp3) is 0. The van der Waals surface area contributed by atoms with Crippen LogP contribution in [0.5, 0.6) is 0 Å². The summed E-state index contributed by atoms with van der Waals surface area (Å²) in [6.07, 6.45) is 0. The van der Waals surface area contributed by atoms with Crippen LogP contribution in [-0.4, -0.2) is 4.57 Å². The summed E-state index contributed by atoms with van der Waals surface area (Å²) in [5.41, 5.74) is 16.5. The first-order valence-electron chi connectivity index (χ1n) is 20.6. The lowest BCUT2D eigenvalue weighted by molar-refractivity contribution is 1.18. The van der Waals surface area contributed by atoms with Gasteiger partial charge in [-0.05, 0) is 122 Å². The van der Waals surface area contributed by atoms with E-state index in [9.17, 15) is 0 Å². The highest BCUT2D eigenvalue weighted by molar-refractivity contribution is 6.16. The number of aromatic nitrogens is 1. The topological polar surface area (TPSA) is 8.17 Å². The number of para-hydroxylation sites is 3. The van der Waals surface area contributed by atoms with E-state index in [-0.39, 0.29) is 0 Å². The van der Waals surface area contributed by atoms with Crippen molar-refractivity contribution < 1.29 is 0 Å². The molecule has 0 aliphatic carbocycles. The van der Waals surface area contributed by atoms with Crippen LogP contribution in [0.25, 0.3) is 82.8 Å². The van der Waals surface area contributed by atoms with Gasteiger partial charge in [0.15, 0.2) is 0 Å². The van der Waals surface area contributed by atoms with Crippen molar-refractivity contribution in [3.05, 3.63) is 243 Å². The molecule has 0 amide bonds. The van der Waals surface area contributed by atoms with Crippen molar-refractivity contribution in [2.75, 3.05) is 4.90 Å². The van der Waals surface area contributed by atoms with Gasteiger partial charge < -0.3 is 9.47 Å². The average molecular weight is 765 g/mol. The molecule has 0 spiro atoms. The molecule has 11 aromatic rings. The van der Waals surface area contributed by atoms with Crippen LogP contribution in [0, 0.1) is 0 Å². The molecule has 0 atom stereocenters. The van der Waals surface area contributed by atoms with Gasteiger partial charge in [0.25, 0.3) is 0 Å². The van der Waals surface area contributed by atoms with Crippen molar-refractivity contribution in [1.29, 1.82) is 0 Å². The molecule has 0 saturated heterocycles. The minimum absolute atomic E-state index is 1.10. The standard InChI is InChI=1S/C58H40N2/c1-3-16-48(17-4-1)59(50-36-32-43(33-37-50)42-26-28-44(29-27-42)47-31-30-41-14-7-8-15-46(41)40-47)51-38-34-45(35-39-51)52-20-9-10-21-53(52)54-23-13-25-57-58(54)55-22-11-12-24-56(55)60(57)49-18-5-2-6-19-49/h1-40H. The summed E-state index contributed by atoms with van der Waals surface area (Å²) < 4.78 is 2.39. The molecule has 0 bridgehead atoms. The second kappa shape index (κ2) is 15.1. The number of hydrogen-bond donors (Lipinski definition) is 0. The quantitative estimate of drug-likeness (QED) is 0.150. The van der Waals surface area contributed by atoms with Crippen molar-refractivity contribution in [2.24, 2.45) is 0 Å². The van der Waals surface area contributed by atoms with Gasteiger partial charge in [0.2, 0.25) is 0 Å². The van der Waals surface area contributed by atoms with Crippen molar-refractivity contribution in [1.82, 2.24) is 4.57 Å². The second-order valence-electron chi connectivity index (χ2n) is 15.3. The van der Waals surface area contributed by atoms with Gasteiger partial charge in [0.1, 0.15) is 0 Å². The number of benzene rings is 10. The normalized spacial score (nSPS) is 11.3. The Morgan fingerprint density at radius 3 is 1.48 bits per heavy atom. The second-order valence-corrected chi connectivity index (χ2v) is 15.3. The van der Waals surface area contributed by atoms with Gasteiger partial charge in [-0.3, -0.25) is 0 Å². The third kappa shape index (κ3) is 6.32. The van der Waals surface area contributed by atoms with Gasteiger partial charge in [-0.25, -0.2) is 0 Å². The van der Waals surface area contributed by atoms with Gasteiger partial charge in [0, 0.05) is 33.5 Å². The van der Waals surface area contributed by atoms with Crippen molar-refractivity contribution in [2.45, 2.75) is 0 Å². The third-order valence-corrected chi connectivity index (χ3v) is 11.8. The summed E-state index contributed by atoms with van der Waals surface area (Å²) in [6, 6.07) is 87.7. The van der Waals surface area contributed by atoms with Crippen LogP contribution in [0.15, 0.2) is 243 Å². The Morgan fingerprint density at radius 1 is 0.283 bits per heavy atom. The van der Waals surface area contributed by atoms with Crippen LogP contribution in [0.4, 0.5) is 17.1 Å². The van der Waals surface area contributed by atoms with Gasteiger partial charge in [-0.2, -0.15) is 0 Å². The van der Waals surface area contributed by atoms with E-state index in [1.807, 2.05) is 0 Å². The molecule has 0 aliphatic heterocycles. The molecular formula is C58H40N2. The summed E-state index contributed by atoms with van der Waals surface area (Å²) in [5, 5.41) is 5.03. The van der Waals surface area contributed by atoms with E-state index in [0.29, 0.717) is 0 Å². The molecule has 0 fully saturated rings. The smallest absolute Gasteiger partial charge is 0.0547 e. The van der Waals surface area contributed by atoms with E-state index < -0.39 is 0 Å². The number of hydrogen-bond acceptors (Lipinski definition) is 1. The number of anilines is 3. The van der Waals surface area contributed by atoms with Crippen LogP contribution in [-0.2, 0) is 0 Å². The van der Waals surface area contributed by atoms with Crippen LogP contribution in [0.1, 0.15) is 0 Å². The number of rotatable bonds is 8. The Bertz CT molecular complexity index is 3270. The lowest BCUT2D eigenvalue weighted by Crippen LogP contribution is -2.09. The van der Waals surface area contributed by atoms with Crippen molar-refractivity contribution in [3.63, 3.8) is 0 Å². The summed E-state index contributed by atoms with van der Waals surface area (Å²) in [4.78, 5) is 2.33. The molecular weight excluding hydrogens is 725 g/mol. The van der Waals surface area contributed by atoms with Crippen molar-refractivity contribution >= 4 is 49.6 Å². The number of fused-ring (bicyclic) bond motifs is 4. The first-order valence-corrected chi connectivity index (χ1v) is 20.6. The molecule has 11 rings (SSSR count). The number of nitrogens with zero attached hydrogens (tertiary/aromatic N) is 2. The SMILES string of the molecule is c1ccc(N(c2ccc(-c3ccc(-c4ccc5ccccc5c4)cc3)cc2)c2ccc(-c3ccccc3-c3cccc4c3c3ccccc3n4-c3ccccc3)cc2)cc1. The first kappa shape index (κ1) is 35.2. The highest BCUT2D eigenvalue weighted by Gasteiger charge is 2.19. The fourth-order valence-electron chi connectivity index (χ4n) is 8.91. The molecule has 10 aromatic carbocycles. The van der Waals surface area contributed by atoms with Gasteiger partial charge in [0.05, 0.1) is 11.0 Å². The molecule has 0 radical (unpaired) electrons. The fourth-order valence-corrected chi connectivity index (χ4v) is 8.91. The first-order chi connectivity index (χ1) is 29.8. The van der Waals surface area contributed by atoms with E-state index in [1.54, 1.807) is 0 Å². The Labute approximate surface area is 350 Å². The molecule has 1 aromatic heterocycles. The van der Waals surface area contributed by atoms with E-state index >= 15 is 0 Å². The summed E-state index contributed by atoms with van der Waals surface area (Å²) in [7, 11) is 0. The van der Waals surface area contributed by atoms with E-state index in [2.05, 4.69) is 252 Å². The zero-order valence-corrected chi connectivity index (χ0v) is 33.0. The largest absolute Gasteiger partial charge is 0.311 e. The van der Waals surface area contributed by atoms with Crippen LogP contribution in [0.2, 0.25) is 0 Å². The Kier molecular flexibility index (Phi) is 8.87. The minimum Gasteiger partial charge on any atom is -0.311 e. The lowest BCUT2D eigenvalue weighted by Gasteiger charge is -2.26. The zero-order valence-electron chi connectivity index (χ0n) is 33.0. The molecule has 2 nitrogen and oxygen atoms in total. The maximum absolute atomic E-state index is 2.39. The molecule has 60 heavy (non-hydrogen) atoms. The predicted molar refractivity (Wildman–Crippen MR) is 255 cm³/mol. The minimum atomic E-state index is 1.10. The Hall–Kier alpha value is -7.94. The van der Waals surface area contributed by atoms with Crippen LogP contribution in [0.3, 0.4) is 0 Å². The predicted octanol–water partition coefficient (Wildman–Crippen LogP) is 16.1. The van der Waals surface area contributed by atoms with Gasteiger partial charge in [-0.15, -0.1) is 0 Å². The lowest BCUT2D eigenvalue weighted by atomic mass is 9.92. The highest BCUT2D eigenvalue weighted by atomic mass is 15.1. The molecule has 1 heterocycles. The summed E-state index contributed by atoms with van der Waals surface area (Å²) >= 11 is 0. The van der Waals surface area contributed by atoms with Crippen molar-refractivity contribution in [3.8, 4) is 50.2 Å². The van der Waals surface area contributed by atoms with E-state index in [1.165, 1.54) is 77.1 Å². The molecule has 0 N–H and O–H groups in total. The molecule has 0 saturated carbocycles. The molecule has 0 aliphatic rings. The summed E-state index contributed by atoms with van der Waals surface area (Å²) in [5.74, 6) is 0. The zero-order chi connectivity index (χ0) is 39.8. The van der Waals surface area contributed by atoms with Gasteiger partial charge in [-0.1, -0.05) is 176 Å². The Balaban J connectivity index is 0.929. The third-order valence-electron chi connectivity index (χ3n) is 11.8. The average Bonchev–Trinajstić information content (AvgIpc) is 3.67. The van der Waals surface area contributed by atoms with Crippen LogP contribution >= 0.6 is 0 Å². The van der Waals surface area contributed by atoms with Crippen LogP contribution < -0.4 is 4.90 Å².